The van der Waals surface area contributed by atoms with Crippen LogP contribution >= 0.6 is 11.3 Å². The summed E-state index contributed by atoms with van der Waals surface area (Å²) >= 11 is 1.63. The van der Waals surface area contributed by atoms with Crippen molar-refractivity contribution < 1.29 is 9.21 Å². The summed E-state index contributed by atoms with van der Waals surface area (Å²) in [6.45, 7) is 0.626. The number of carbonyl (C=O) groups is 1. The molecule has 0 N–H and O–H groups in total. The summed E-state index contributed by atoms with van der Waals surface area (Å²) in [5.74, 6) is 1.04. The second kappa shape index (κ2) is 7.19. The van der Waals surface area contributed by atoms with E-state index in [0.717, 1.165) is 11.1 Å². The molecule has 1 aromatic carbocycles. The van der Waals surface area contributed by atoms with E-state index in [0.29, 0.717) is 31.2 Å². The zero-order valence-electron chi connectivity index (χ0n) is 12.8. The zero-order valence-corrected chi connectivity index (χ0v) is 13.6. The molecule has 0 bridgehead atoms. The van der Waals surface area contributed by atoms with E-state index in [4.69, 9.17) is 4.42 Å². The topological polar surface area (TPSA) is 59.2 Å². The van der Waals surface area contributed by atoms with E-state index in [1.807, 2.05) is 54.2 Å². The molecule has 5 nitrogen and oxygen atoms in total. The van der Waals surface area contributed by atoms with Crippen LogP contribution in [0.15, 0.2) is 51.6 Å². The molecule has 0 atom stereocenters. The van der Waals surface area contributed by atoms with Crippen LogP contribution in [0.5, 0.6) is 0 Å². The number of nitrogens with zero attached hydrogens (tertiary/aromatic N) is 3. The van der Waals surface area contributed by atoms with Crippen molar-refractivity contribution >= 4 is 17.2 Å². The molecule has 6 heteroatoms. The Morgan fingerprint density at radius 2 is 2.04 bits per heavy atom. The molecule has 118 valence electrons. The van der Waals surface area contributed by atoms with Crippen LogP contribution in [0.4, 0.5) is 0 Å². The largest absolute Gasteiger partial charge is 0.421 e. The molecule has 3 aromatic rings. The number of thiophene rings is 1. The van der Waals surface area contributed by atoms with Gasteiger partial charge in [-0.3, -0.25) is 4.79 Å². The summed E-state index contributed by atoms with van der Waals surface area (Å²) < 4.78 is 5.61. The van der Waals surface area contributed by atoms with E-state index in [9.17, 15) is 4.79 Å². The van der Waals surface area contributed by atoms with Gasteiger partial charge in [0.2, 0.25) is 17.7 Å². The lowest BCUT2D eigenvalue weighted by Gasteiger charge is -2.15. The third-order valence-electron chi connectivity index (χ3n) is 3.47. The predicted octanol–water partition coefficient (Wildman–Crippen LogP) is 3.39. The molecule has 0 saturated carbocycles. The van der Waals surface area contributed by atoms with Crippen LogP contribution in [0.2, 0.25) is 0 Å². The van der Waals surface area contributed by atoms with Crippen molar-refractivity contribution in [3.05, 3.63) is 58.6 Å². The molecule has 0 radical (unpaired) electrons. The normalized spacial score (nSPS) is 10.7. The van der Waals surface area contributed by atoms with Gasteiger partial charge < -0.3 is 9.32 Å². The molecule has 2 heterocycles. The lowest BCUT2D eigenvalue weighted by atomic mass is 10.2. The number of carbonyl (C=O) groups excluding carboxylic acids is 1. The van der Waals surface area contributed by atoms with Gasteiger partial charge in [-0.1, -0.05) is 18.2 Å². The summed E-state index contributed by atoms with van der Waals surface area (Å²) in [7, 11) is 1.81. The van der Waals surface area contributed by atoms with Gasteiger partial charge in [-0.05, 0) is 34.5 Å². The number of aryl methyl sites for hydroxylation is 1. The van der Waals surface area contributed by atoms with E-state index in [-0.39, 0.29) is 5.91 Å². The van der Waals surface area contributed by atoms with Gasteiger partial charge in [-0.2, -0.15) is 11.3 Å². The number of rotatable bonds is 6. The van der Waals surface area contributed by atoms with E-state index in [2.05, 4.69) is 10.2 Å². The average molecular weight is 327 g/mol. The quantitative estimate of drug-likeness (QED) is 0.696. The number of amides is 1. The van der Waals surface area contributed by atoms with E-state index >= 15 is 0 Å². The van der Waals surface area contributed by atoms with Crippen molar-refractivity contribution in [3.63, 3.8) is 0 Å². The molecule has 23 heavy (non-hydrogen) atoms. The average Bonchev–Trinajstić information content (AvgIpc) is 3.25. The smallest absolute Gasteiger partial charge is 0.247 e. The van der Waals surface area contributed by atoms with E-state index in [1.165, 1.54) is 0 Å². The maximum Gasteiger partial charge on any atom is 0.247 e. The first kappa shape index (κ1) is 15.4. The Labute approximate surface area is 138 Å². The number of hydrogen-bond donors (Lipinski definition) is 0. The first-order chi connectivity index (χ1) is 11.2. The molecular weight excluding hydrogens is 310 g/mol. The Hall–Kier alpha value is -2.47. The van der Waals surface area contributed by atoms with Crippen molar-refractivity contribution in [2.45, 2.75) is 19.4 Å². The molecule has 3 rings (SSSR count). The highest BCUT2D eigenvalue weighted by Crippen LogP contribution is 2.17. The fourth-order valence-electron chi connectivity index (χ4n) is 2.20. The first-order valence-electron chi connectivity index (χ1n) is 7.35. The van der Waals surface area contributed by atoms with Crippen LogP contribution in [-0.2, 0) is 17.8 Å². The minimum atomic E-state index is 0.0654. The van der Waals surface area contributed by atoms with Crippen molar-refractivity contribution in [2.24, 2.45) is 0 Å². The molecule has 2 aromatic heterocycles. The molecule has 0 saturated heterocycles. The van der Waals surface area contributed by atoms with Gasteiger partial charge in [-0.25, -0.2) is 0 Å². The highest BCUT2D eigenvalue weighted by molar-refractivity contribution is 7.07. The van der Waals surface area contributed by atoms with E-state index in [1.54, 1.807) is 16.2 Å². The van der Waals surface area contributed by atoms with Crippen LogP contribution in [0.1, 0.15) is 17.9 Å². The van der Waals surface area contributed by atoms with Crippen LogP contribution in [0.25, 0.3) is 11.5 Å². The fraction of sp³-hybridized carbons (Fsp3) is 0.235. The van der Waals surface area contributed by atoms with Gasteiger partial charge >= 0.3 is 0 Å². The molecule has 0 fully saturated rings. The van der Waals surface area contributed by atoms with Gasteiger partial charge in [0.15, 0.2) is 0 Å². The maximum atomic E-state index is 12.2. The maximum absolute atomic E-state index is 12.2. The van der Waals surface area contributed by atoms with Crippen molar-refractivity contribution in [2.75, 3.05) is 7.05 Å². The van der Waals surface area contributed by atoms with Crippen LogP contribution in [-0.4, -0.2) is 28.1 Å². The van der Waals surface area contributed by atoms with Gasteiger partial charge in [-0.15, -0.1) is 10.2 Å². The van der Waals surface area contributed by atoms with Crippen molar-refractivity contribution in [3.8, 4) is 11.5 Å². The zero-order chi connectivity index (χ0) is 16.1. The third kappa shape index (κ3) is 4.04. The number of hydrogen-bond acceptors (Lipinski definition) is 5. The number of aromatic nitrogens is 2. The Morgan fingerprint density at radius 3 is 2.78 bits per heavy atom. The Morgan fingerprint density at radius 1 is 1.22 bits per heavy atom. The summed E-state index contributed by atoms with van der Waals surface area (Å²) in [6, 6.07) is 11.6. The van der Waals surface area contributed by atoms with Gasteiger partial charge in [0, 0.05) is 32.0 Å². The highest BCUT2D eigenvalue weighted by atomic mass is 32.1. The minimum absolute atomic E-state index is 0.0654. The Bertz CT molecular complexity index is 753. The Kier molecular flexibility index (Phi) is 4.83. The van der Waals surface area contributed by atoms with Crippen molar-refractivity contribution in [1.82, 2.24) is 15.1 Å². The second-order valence-electron chi connectivity index (χ2n) is 5.25. The molecule has 0 aliphatic carbocycles. The second-order valence-corrected chi connectivity index (χ2v) is 6.03. The summed E-state index contributed by atoms with van der Waals surface area (Å²) in [4.78, 5) is 13.9. The summed E-state index contributed by atoms with van der Waals surface area (Å²) in [5.41, 5.74) is 2.03. The molecule has 0 aliphatic heterocycles. The molecule has 1 amide bonds. The fourth-order valence-corrected chi connectivity index (χ4v) is 2.86. The number of benzene rings is 1. The van der Waals surface area contributed by atoms with Gasteiger partial charge in [0.25, 0.3) is 0 Å². The van der Waals surface area contributed by atoms with E-state index < -0.39 is 0 Å². The van der Waals surface area contributed by atoms with Crippen LogP contribution in [0.3, 0.4) is 0 Å². The molecule has 0 aliphatic rings. The third-order valence-corrected chi connectivity index (χ3v) is 4.20. The highest BCUT2D eigenvalue weighted by Gasteiger charge is 2.13. The minimum Gasteiger partial charge on any atom is -0.421 e. The summed E-state index contributed by atoms with van der Waals surface area (Å²) in [6.07, 6.45) is 0.809. The lowest BCUT2D eigenvalue weighted by molar-refractivity contribution is -0.130. The van der Waals surface area contributed by atoms with Crippen LogP contribution < -0.4 is 0 Å². The molecule has 0 spiro atoms. The molecular formula is C17H17N3O2S. The summed E-state index contributed by atoms with van der Waals surface area (Å²) in [5, 5.41) is 12.1. The predicted molar refractivity (Wildman–Crippen MR) is 88.8 cm³/mol. The monoisotopic (exact) mass is 327 g/mol. The van der Waals surface area contributed by atoms with Crippen LogP contribution in [0, 0.1) is 0 Å². The van der Waals surface area contributed by atoms with Crippen molar-refractivity contribution in [1.29, 1.82) is 0 Å². The lowest BCUT2D eigenvalue weighted by Crippen LogP contribution is -2.26. The Balaban J connectivity index is 1.54. The standard InChI is InChI=1S/C17H17N3O2S/c1-20(11-13-9-10-23-12-13)16(21)8-7-15-18-19-17(22-15)14-5-3-2-4-6-14/h2-6,9-10,12H,7-8,11H2,1H3. The van der Waals surface area contributed by atoms with Gasteiger partial charge in [0.1, 0.15) is 0 Å². The SMILES string of the molecule is CN(Cc1ccsc1)C(=O)CCc1nnc(-c2ccccc2)o1. The first-order valence-corrected chi connectivity index (χ1v) is 8.29. The van der Waals surface area contributed by atoms with Gasteiger partial charge in [0.05, 0.1) is 0 Å². The molecule has 0 unspecified atom stereocenters.